The van der Waals surface area contributed by atoms with E-state index in [4.69, 9.17) is 14.5 Å². The maximum Gasteiger partial charge on any atom is 0.161 e. The molecule has 2 aliphatic heterocycles. The lowest BCUT2D eigenvalue weighted by atomic mass is 9.92. The predicted octanol–water partition coefficient (Wildman–Crippen LogP) is 4.78. The first-order valence-corrected chi connectivity index (χ1v) is 10.8. The Labute approximate surface area is 171 Å². The third kappa shape index (κ3) is 3.46. The fourth-order valence-corrected chi connectivity index (χ4v) is 5.08. The van der Waals surface area contributed by atoms with Gasteiger partial charge in [-0.2, -0.15) is 0 Å². The van der Waals surface area contributed by atoms with Gasteiger partial charge in [0.1, 0.15) is 6.04 Å². The number of rotatable bonds is 6. The molecule has 2 aliphatic rings. The highest BCUT2D eigenvalue weighted by Gasteiger charge is 2.44. The highest BCUT2D eigenvalue weighted by molar-refractivity contribution is 8.14. The molecule has 0 radical (unpaired) electrons. The van der Waals surface area contributed by atoms with Gasteiger partial charge in [0.05, 0.1) is 24.9 Å². The maximum atomic E-state index is 5.92. The SMILES string of the molecule is CCOc1cc(C)c([C@H]2[C@@H](c3ccccn3)N=C3S[C@@H](C)CN32)cc1OCC. The van der Waals surface area contributed by atoms with Crippen LogP contribution in [0.3, 0.4) is 0 Å². The van der Waals surface area contributed by atoms with E-state index in [1.807, 2.05) is 43.9 Å². The minimum Gasteiger partial charge on any atom is -0.490 e. The van der Waals surface area contributed by atoms with Crippen LogP contribution in [-0.2, 0) is 0 Å². The van der Waals surface area contributed by atoms with E-state index >= 15 is 0 Å². The summed E-state index contributed by atoms with van der Waals surface area (Å²) in [4.78, 5) is 12.1. The number of aryl methyl sites for hydroxylation is 1. The van der Waals surface area contributed by atoms with Gasteiger partial charge in [0.25, 0.3) is 0 Å². The van der Waals surface area contributed by atoms with Crippen molar-refractivity contribution in [3.05, 3.63) is 53.3 Å². The fourth-order valence-electron chi connectivity index (χ4n) is 3.99. The third-order valence-corrected chi connectivity index (χ3v) is 6.23. The van der Waals surface area contributed by atoms with E-state index in [2.05, 4.69) is 41.9 Å². The Bertz CT molecular complexity index is 872. The van der Waals surface area contributed by atoms with Crippen molar-refractivity contribution in [2.45, 2.75) is 45.0 Å². The van der Waals surface area contributed by atoms with Crippen molar-refractivity contribution in [3.63, 3.8) is 0 Å². The highest BCUT2D eigenvalue weighted by Crippen LogP contribution is 2.49. The molecular weight excluding hydrogens is 370 g/mol. The molecule has 3 heterocycles. The van der Waals surface area contributed by atoms with Crippen molar-refractivity contribution in [3.8, 4) is 11.5 Å². The Morgan fingerprint density at radius 1 is 1.14 bits per heavy atom. The monoisotopic (exact) mass is 397 g/mol. The molecule has 4 rings (SSSR count). The zero-order valence-electron chi connectivity index (χ0n) is 16.9. The molecule has 1 saturated heterocycles. The summed E-state index contributed by atoms with van der Waals surface area (Å²) < 4.78 is 11.7. The predicted molar refractivity (Wildman–Crippen MR) is 114 cm³/mol. The molecule has 0 aliphatic carbocycles. The molecule has 1 aromatic carbocycles. The van der Waals surface area contributed by atoms with E-state index in [1.165, 1.54) is 11.1 Å². The lowest BCUT2D eigenvalue weighted by Gasteiger charge is -2.29. The number of nitrogens with zero attached hydrogens (tertiary/aromatic N) is 3. The zero-order chi connectivity index (χ0) is 19.7. The number of fused-ring (bicyclic) bond motifs is 1. The molecule has 0 bridgehead atoms. The average Bonchev–Trinajstić information content (AvgIpc) is 3.21. The first-order chi connectivity index (χ1) is 13.6. The molecule has 148 valence electrons. The molecule has 5 nitrogen and oxygen atoms in total. The first-order valence-electron chi connectivity index (χ1n) is 9.94. The van der Waals surface area contributed by atoms with Gasteiger partial charge in [-0.25, -0.2) is 0 Å². The molecule has 1 fully saturated rings. The van der Waals surface area contributed by atoms with Gasteiger partial charge < -0.3 is 14.4 Å². The van der Waals surface area contributed by atoms with Gasteiger partial charge >= 0.3 is 0 Å². The fraction of sp³-hybridized carbons (Fsp3) is 0.455. The maximum absolute atomic E-state index is 5.92. The second-order valence-electron chi connectivity index (χ2n) is 7.16. The minimum absolute atomic E-state index is 0.0117. The highest BCUT2D eigenvalue weighted by atomic mass is 32.2. The van der Waals surface area contributed by atoms with Crippen molar-refractivity contribution in [2.75, 3.05) is 19.8 Å². The Morgan fingerprint density at radius 3 is 2.57 bits per heavy atom. The summed E-state index contributed by atoms with van der Waals surface area (Å²) in [6.45, 7) is 10.6. The second kappa shape index (κ2) is 8.03. The van der Waals surface area contributed by atoms with Gasteiger partial charge in [-0.1, -0.05) is 24.8 Å². The molecule has 0 amide bonds. The third-order valence-electron chi connectivity index (χ3n) is 5.13. The second-order valence-corrected chi connectivity index (χ2v) is 8.56. The standard InChI is InChI=1S/C22H27N3O2S/c1-5-26-18-11-14(3)16(12-19(18)27-6-2)21-20(17-9-7-8-10-23-17)24-22-25(21)13-15(4)28-22/h7-12,15,20-21H,5-6,13H2,1-4H3/t15-,20+,21-/m0/s1. The van der Waals surface area contributed by atoms with Crippen molar-refractivity contribution in [1.82, 2.24) is 9.88 Å². The van der Waals surface area contributed by atoms with Crippen LogP contribution >= 0.6 is 11.8 Å². The lowest BCUT2D eigenvalue weighted by molar-refractivity contribution is 0.283. The van der Waals surface area contributed by atoms with Gasteiger partial charge in [-0.3, -0.25) is 9.98 Å². The van der Waals surface area contributed by atoms with Crippen LogP contribution in [0.15, 0.2) is 41.5 Å². The summed E-state index contributed by atoms with van der Waals surface area (Å²) in [6, 6.07) is 10.4. The largest absolute Gasteiger partial charge is 0.490 e. The van der Waals surface area contributed by atoms with Crippen LogP contribution in [0.25, 0.3) is 0 Å². The molecule has 0 unspecified atom stereocenters. The van der Waals surface area contributed by atoms with E-state index in [0.29, 0.717) is 18.5 Å². The van der Waals surface area contributed by atoms with Crippen molar-refractivity contribution < 1.29 is 9.47 Å². The lowest BCUT2D eigenvalue weighted by Crippen LogP contribution is -2.29. The number of amidine groups is 1. The Morgan fingerprint density at radius 2 is 1.89 bits per heavy atom. The van der Waals surface area contributed by atoms with Gasteiger partial charge in [0.2, 0.25) is 0 Å². The molecule has 3 atom stereocenters. The van der Waals surface area contributed by atoms with E-state index in [0.717, 1.165) is 28.9 Å². The van der Waals surface area contributed by atoms with Crippen LogP contribution in [0.1, 0.15) is 49.7 Å². The van der Waals surface area contributed by atoms with Crippen LogP contribution in [-0.4, -0.2) is 40.1 Å². The van der Waals surface area contributed by atoms with E-state index in [9.17, 15) is 0 Å². The summed E-state index contributed by atoms with van der Waals surface area (Å²) >= 11 is 1.86. The molecule has 0 saturated carbocycles. The number of thioether (sulfide) groups is 1. The minimum atomic E-state index is -0.0117. The Hall–Kier alpha value is -2.21. The smallest absolute Gasteiger partial charge is 0.161 e. The zero-order valence-corrected chi connectivity index (χ0v) is 17.7. The van der Waals surface area contributed by atoms with Gasteiger partial charge in [0.15, 0.2) is 16.7 Å². The van der Waals surface area contributed by atoms with E-state index < -0.39 is 0 Å². The number of benzene rings is 1. The van der Waals surface area contributed by atoms with Gasteiger partial charge in [-0.05, 0) is 56.2 Å². The molecule has 6 heteroatoms. The summed E-state index contributed by atoms with van der Waals surface area (Å²) in [7, 11) is 0. The van der Waals surface area contributed by atoms with Crippen molar-refractivity contribution >= 4 is 16.9 Å². The molecule has 1 aromatic heterocycles. The normalized spacial score (nSPS) is 23.5. The molecule has 0 spiro atoms. The summed E-state index contributed by atoms with van der Waals surface area (Å²) in [5, 5.41) is 1.67. The number of ether oxygens (including phenoxy) is 2. The quantitative estimate of drug-likeness (QED) is 0.702. The first kappa shape index (κ1) is 19.1. The van der Waals surface area contributed by atoms with Crippen LogP contribution in [0.5, 0.6) is 11.5 Å². The van der Waals surface area contributed by atoms with Gasteiger partial charge in [-0.15, -0.1) is 0 Å². The molecule has 0 N–H and O–H groups in total. The number of aliphatic imine (C=N–C) groups is 1. The van der Waals surface area contributed by atoms with Crippen LogP contribution in [0.2, 0.25) is 0 Å². The number of hydrogen-bond acceptors (Lipinski definition) is 6. The number of aromatic nitrogens is 1. The molecule has 2 aromatic rings. The molecular formula is C22H27N3O2S. The van der Waals surface area contributed by atoms with Crippen molar-refractivity contribution in [1.29, 1.82) is 0 Å². The average molecular weight is 398 g/mol. The van der Waals surface area contributed by atoms with Crippen LogP contribution in [0, 0.1) is 6.92 Å². The van der Waals surface area contributed by atoms with Gasteiger partial charge in [0, 0.05) is 18.0 Å². The summed E-state index contributed by atoms with van der Waals surface area (Å²) in [6.07, 6.45) is 1.85. The topological polar surface area (TPSA) is 47.0 Å². The molecule has 28 heavy (non-hydrogen) atoms. The number of hydrogen-bond donors (Lipinski definition) is 0. The van der Waals surface area contributed by atoms with E-state index in [-0.39, 0.29) is 12.1 Å². The Balaban J connectivity index is 1.79. The van der Waals surface area contributed by atoms with E-state index in [1.54, 1.807) is 0 Å². The number of pyridine rings is 1. The van der Waals surface area contributed by atoms with Crippen LogP contribution in [0.4, 0.5) is 0 Å². The summed E-state index contributed by atoms with van der Waals surface area (Å²) in [5.74, 6) is 1.61. The Kier molecular flexibility index (Phi) is 5.49. The van der Waals surface area contributed by atoms with Crippen LogP contribution < -0.4 is 9.47 Å². The summed E-state index contributed by atoms with van der Waals surface area (Å²) in [5.41, 5.74) is 3.43. The van der Waals surface area contributed by atoms with Crippen molar-refractivity contribution in [2.24, 2.45) is 4.99 Å².